The van der Waals surface area contributed by atoms with Gasteiger partial charge in [-0.2, -0.15) is 4.39 Å². The van der Waals surface area contributed by atoms with E-state index in [9.17, 15) is 4.39 Å². The summed E-state index contributed by atoms with van der Waals surface area (Å²) < 4.78 is 13.9. The van der Waals surface area contributed by atoms with Crippen LogP contribution in [0.3, 0.4) is 0 Å². The Labute approximate surface area is 85.8 Å². The minimum atomic E-state index is -0.140. The molecule has 0 amide bonds. The topological polar surface area (TPSA) is 0 Å². The molecule has 0 N–H and O–H groups in total. The molecule has 0 unspecified atom stereocenters. The highest BCUT2D eigenvalue weighted by molar-refractivity contribution is 7.80. The Bertz CT molecular complexity index is 445. The minimum absolute atomic E-state index is 0.140. The molecule has 0 spiro atoms. The molecule has 3 heteroatoms. The van der Waals surface area contributed by atoms with Gasteiger partial charge in [-0.15, -0.1) is 24.0 Å². The van der Waals surface area contributed by atoms with E-state index in [4.69, 9.17) is 0 Å². The molecule has 1 aromatic heterocycles. The molecule has 13 heavy (non-hydrogen) atoms. The predicted octanol–water partition coefficient (Wildman–Crippen LogP) is 3.89. The van der Waals surface area contributed by atoms with Gasteiger partial charge in [0.1, 0.15) is 0 Å². The van der Waals surface area contributed by atoms with E-state index < -0.39 is 0 Å². The zero-order chi connectivity index (χ0) is 9.42. The van der Waals surface area contributed by atoms with Crippen LogP contribution in [0.4, 0.5) is 4.39 Å². The second-order valence-corrected chi connectivity index (χ2v) is 4.42. The van der Waals surface area contributed by atoms with Gasteiger partial charge in [-0.05, 0) is 29.5 Å². The third-order valence-electron chi connectivity index (χ3n) is 2.03. The van der Waals surface area contributed by atoms with E-state index in [1.807, 2.05) is 12.1 Å². The van der Waals surface area contributed by atoms with Crippen molar-refractivity contribution in [2.75, 3.05) is 0 Å². The predicted molar refractivity (Wildman–Crippen MR) is 58.4 cm³/mol. The van der Waals surface area contributed by atoms with Crippen LogP contribution in [0.25, 0.3) is 10.1 Å². The molecule has 1 aromatic carbocycles. The van der Waals surface area contributed by atoms with Crippen molar-refractivity contribution in [3.8, 4) is 0 Å². The molecular weight excluding hydrogens is 203 g/mol. The molecule has 0 aliphatic carbocycles. The third-order valence-corrected chi connectivity index (χ3v) is 3.51. The Morgan fingerprint density at radius 2 is 2.15 bits per heavy atom. The highest BCUT2D eigenvalue weighted by Crippen LogP contribution is 2.31. The summed E-state index contributed by atoms with van der Waals surface area (Å²) in [4.78, 5) is 0.878. The largest absolute Gasteiger partial charge is 0.195 e. The Balaban J connectivity index is 2.75. The highest BCUT2D eigenvalue weighted by Gasteiger charge is 2.05. The maximum atomic E-state index is 12.9. The van der Waals surface area contributed by atoms with E-state index in [2.05, 4.69) is 19.6 Å². The quantitative estimate of drug-likeness (QED) is 0.681. The highest BCUT2D eigenvalue weighted by atomic mass is 32.1. The maximum absolute atomic E-state index is 12.9. The first kappa shape index (κ1) is 9.03. The molecule has 0 bridgehead atoms. The number of hydrogen-bond acceptors (Lipinski definition) is 2. The number of halogens is 1. The zero-order valence-electron chi connectivity index (χ0n) is 7.17. The molecule has 0 nitrogen and oxygen atoms in total. The number of fused-ring (bicyclic) bond motifs is 1. The third kappa shape index (κ3) is 1.58. The molecule has 2 aromatic rings. The van der Waals surface area contributed by atoms with Gasteiger partial charge < -0.3 is 0 Å². The Kier molecular flexibility index (Phi) is 2.30. The van der Waals surface area contributed by atoms with E-state index in [0.29, 0.717) is 0 Å². The molecule has 0 saturated heterocycles. The van der Waals surface area contributed by atoms with Gasteiger partial charge in [0.15, 0.2) is 5.13 Å². The van der Waals surface area contributed by atoms with Crippen LogP contribution < -0.4 is 0 Å². The Hall–Kier alpha value is -0.540. The first-order chi connectivity index (χ1) is 6.20. The molecule has 1 heterocycles. The first-order valence-corrected chi connectivity index (χ1v) is 5.38. The molecule has 0 aliphatic rings. The number of thiol groups is 1. The van der Waals surface area contributed by atoms with Crippen LogP contribution in [0.5, 0.6) is 0 Å². The van der Waals surface area contributed by atoms with Crippen LogP contribution in [-0.4, -0.2) is 0 Å². The van der Waals surface area contributed by atoms with Crippen molar-refractivity contribution >= 4 is 34.1 Å². The molecular formula is C10H9FS2. The number of rotatable bonds is 1. The summed E-state index contributed by atoms with van der Waals surface area (Å²) in [7, 11) is 0. The van der Waals surface area contributed by atoms with Crippen LogP contribution in [0.1, 0.15) is 12.5 Å². The van der Waals surface area contributed by atoms with Crippen molar-refractivity contribution in [3.05, 3.63) is 28.9 Å². The molecule has 0 radical (unpaired) electrons. The summed E-state index contributed by atoms with van der Waals surface area (Å²) in [5.74, 6) is 0. The smallest absolute Gasteiger partial charge is 0.177 e. The Morgan fingerprint density at radius 3 is 2.85 bits per heavy atom. The average Bonchev–Trinajstić information content (AvgIpc) is 2.46. The first-order valence-electron chi connectivity index (χ1n) is 4.11. The lowest BCUT2D eigenvalue weighted by molar-refractivity contribution is 0.658. The van der Waals surface area contributed by atoms with E-state index in [0.717, 1.165) is 32.7 Å². The molecule has 0 saturated carbocycles. The van der Waals surface area contributed by atoms with Crippen LogP contribution >= 0.6 is 24.0 Å². The van der Waals surface area contributed by atoms with Crippen LogP contribution in [0.15, 0.2) is 23.1 Å². The van der Waals surface area contributed by atoms with Gasteiger partial charge in [0.25, 0.3) is 0 Å². The molecule has 0 aliphatic heterocycles. The summed E-state index contributed by atoms with van der Waals surface area (Å²) in [6.45, 7) is 2.08. The van der Waals surface area contributed by atoms with Gasteiger partial charge in [0.2, 0.25) is 0 Å². The lowest BCUT2D eigenvalue weighted by Crippen LogP contribution is -1.79. The van der Waals surface area contributed by atoms with Crippen molar-refractivity contribution in [1.82, 2.24) is 0 Å². The van der Waals surface area contributed by atoms with Gasteiger partial charge in [0, 0.05) is 4.90 Å². The summed E-state index contributed by atoms with van der Waals surface area (Å²) in [6, 6.07) is 5.59. The fourth-order valence-corrected chi connectivity index (χ4v) is 2.58. The standard InChI is InChI=1S/C10H9FS2/c1-2-6-3-7-5-9(11)13-10(7)8(12)4-6/h3-5,12H,2H2,1H3. The number of benzene rings is 1. The Morgan fingerprint density at radius 1 is 1.38 bits per heavy atom. The normalized spacial score (nSPS) is 11.0. The van der Waals surface area contributed by atoms with Gasteiger partial charge in [-0.1, -0.05) is 13.0 Å². The summed E-state index contributed by atoms with van der Waals surface area (Å²) in [5.41, 5.74) is 1.20. The monoisotopic (exact) mass is 212 g/mol. The fourth-order valence-electron chi connectivity index (χ4n) is 1.37. The average molecular weight is 212 g/mol. The fraction of sp³-hybridized carbons (Fsp3) is 0.200. The van der Waals surface area contributed by atoms with Gasteiger partial charge in [0.05, 0.1) is 4.70 Å². The van der Waals surface area contributed by atoms with Gasteiger partial charge >= 0.3 is 0 Å². The SMILES string of the molecule is CCc1cc(S)c2sc(F)cc2c1. The number of hydrogen-bond donors (Lipinski definition) is 1. The number of aryl methyl sites for hydroxylation is 1. The molecule has 0 fully saturated rings. The number of thiophene rings is 1. The lowest BCUT2D eigenvalue weighted by atomic mass is 10.1. The van der Waals surface area contributed by atoms with Crippen LogP contribution in [0.2, 0.25) is 0 Å². The van der Waals surface area contributed by atoms with E-state index >= 15 is 0 Å². The second-order valence-electron chi connectivity index (χ2n) is 2.94. The minimum Gasteiger partial charge on any atom is -0.195 e. The van der Waals surface area contributed by atoms with E-state index in [1.165, 1.54) is 5.56 Å². The van der Waals surface area contributed by atoms with Gasteiger partial charge in [-0.3, -0.25) is 0 Å². The molecule has 68 valence electrons. The van der Waals surface area contributed by atoms with E-state index in [1.54, 1.807) is 6.07 Å². The van der Waals surface area contributed by atoms with E-state index in [-0.39, 0.29) is 5.13 Å². The van der Waals surface area contributed by atoms with Crippen molar-refractivity contribution in [2.45, 2.75) is 18.2 Å². The van der Waals surface area contributed by atoms with Crippen LogP contribution in [0, 0.1) is 5.13 Å². The van der Waals surface area contributed by atoms with Crippen molar-refractivity contribution in [1.29, 1.82) is 0 Å². The maximum Gasteiger partial charge on any atom is 0.177 e. The van der Waals surface area contributed by atoms with Gasteiger partial charge in [-0.25, -0.2) is 0 Å². The summed E-state index contributed by atoms with van der Waals surface area (Å²) >= 11 is 5.49. The summed E-state index contributed by atoms with van der Waals surface area (Å²) in [6.07, 6.45) is 0.959. The van der Waals surface area contributed by atoms with Crippen molar-refractivity contribution in [2.24, 2.45) is 0 Å². The molecule has 0 atom stereocenters. The zero-order valence-corrected chi connectivity index (χ0v) is 8.88. The molecule has 2 rings (SSSR count). The van der Waals surface area contributed by atoms with Crippen LogP contribution in [-0.2, 0) is 6.42 Å². The van der Waals surface area contributed by atoms with Crippen molar-refractivity contribution in [3.63, 3.8) is 0 Å². The second kappa shape index (κ2) is 3.31. The summed E-state index contributed by atoms with van der Waals surface area (Å²) in [5, 5.41) is 0.824. The van der Waals surface area contributed by atoms with Crippen molar-refractivity contribution < 1.29 is 4.39 Å². The lowest BCUT2D eigenvalue weighted by Gasteiger charge is -1.99.